The number of halogens is 3. The number of carbonyl (C=O) groups is 2. The second-order valence-corrected chi connectivity index (χ2v) is 13.7. The van der Waals surface area contributed by atoms with Crippen LogP contribution in [0.4, 0.5) is 5.69 Å². The molecule has 1 N–H and O–H groups in total. The first kappa shape index (κ1) is 32.1. The molecule has 1 unspecified atom stereocenters. The third-order valence-corrected chi connectivity index (χ3v) is 9.99. The van der Waals surface area contributed by atoms with Gasteiger partial charge in [-0.25, -0.2) is 8.42 Å². The Morgan fingerprint density at radius 1 is 0.929 bits per heavy atom. The molecule has 0 radical (unpaired) electrons. The molecule has 7 nitrogen and oxygen atoms in total. The number of amides is 2. The predicted octanol–water partition coefficient (Wildman–Crippen LogP) is 7.02. The molecule has 42 heavy (non-hydrogen) atoms. The summed E-state index contributed by atoms with van der Waals surface area (Å²) in [5, 5.41) is 3.92. The van der Waals surface area contributed by atoms with E-state index in [9.17, 15) is 18.0 Å². The maximum Gasteiger partial charge on any atom is 0.264 e. The minimum absolute atomic E-state index is 0.0126. The Hall–Kier alpha value is -2.78. The second-order valence-electron chi connectivity index (χ2n) is 10.6. The summed E-state index contributed by atoms with van der Waals surface area (Å²) < 4.78 is 28.9. The van der Waals surface area contributed by atoms with Gasteiger partial charge in [-0.2, -0.15) is 0 Å². The molecule has 11 heteroatoms. The van der Waals surface area contributed by atoms with Crippen LogP contribution in [0.15, 0.2) is 71.6 Å². The Morgan fingerprint density at radius 2 is 1.60 bits per heavy atom. The number of sulfonamides is 1. The molecule has 0 aromatic heterocycles. The van der Waals surface area contributed by atoms with Crippen molar-refractivity contribution >= 4 is 62.3 Å². The maximum atomic E-state index is 14.1. The monoisotopic (exact) mass is 649 g/mol. The van der Waals surface area contributed by atoms with Crippen LogP contribution in [-0.4, -0.2) is 43.8 Å². The zero-order valence-electron chi connectivity index (χ0n) is 23.5. The molecule has 0 aliphatic heterocycles. The van der Waals surface area contributed by atoms with Gasteiger partial charge in [0.1, 0.15) is 12.6 Å². The molecule has 1 aliphatic rings. The quantitative estimate of drug-likeness (QED) is 0.256. The van der Waals surface area contributed by atoms with Crippen LogP contribution >= 0.6 is 34.8 Å². The number of rotatable bonds is 10. The summed E-state index contributed by atoms with van der Waals surface area (Å²) in [6.45, 7) is 2.92. The largest absolute Gasteiger partial charge is 0.352 e. The zero-order chi connectivity index (χ0) is 30.4. The number of nitrogens with zero attached hydrogens (tertiary/aromatic N) is 2. The molecule has 2 amide bonds. The lowest BCUT2D eigenvalue weighted by Crippen LogP contribution is -2.53. The van der Waals surface area contributed by atoms with Crippen molar-refractivity contribution in [3.63, 3.8) is 0 Å². The first-order valence-corrected chi connectivity index (χ1v) is 16.4. The van der Waals surface area contributed by atoms with Gasteiger partial charge in [-0.3, -0.25) is 13.9 Å². The highest BCUT2D eigenvalue weighted by Gasteiger charge is 2.34. The van der Waals surface area contributed by atoms with Crippen LogP contribution in [0.3, 0.4) is 0 Å². The third-order valence-electron chi connectivity index (χ3n) is 7.43. The van der Waals surface area contributed by atoms with Crippen LogP contribution in [0.5, 0.6) is 0 Å². The van der Waals surface area contributed by atoms with E-state index in [2.05, 4.69) is 5.32 Å². The topological polar surface area (TPSA) is 86.8 Å². The molecule has 3 aromatic carbocycles. The van der Waals surface area contributed by atoms with Gasteiger partial charge in [0.2, 0.25) is 11.8 Å². The van der Waals surface area contributed by atoms with Gasteiger partial charge < -0.3 is 10.2 Å². The molecule has 1 aliphatic carbocycles. The molecule has 0 saturated heterocycles. The lowest BCUT2D eigenvalue weighted by molar-refractivity contribution is -0.139. The molecule has 224 valence electrons. The zero-order valence-corrected chi connectivity index (χ0v) is 26.6. The van der Waals surface area contributed by atoms with Crippen molar-refractivity contribution in [1.82, 2.24) is 10.2 Å². The Labute approximate surface area is 262 Å². The van der Waals surface area contributed by atoms with E-state index < -0.39 is 28.5 Å². The van der Waals surface area contributed by atoms with Gasteiger partial charge in [0.15, 0.2) is 0 Å². The molecule has 1 atom stereocenters. The second kappa shape index (κ2) is 14.1. The lowest BCUT2D eigenvalue weighted by atomic mass is 9.95. The standard InChI is InChI=1S/C31H34Cl3N3O4S/c1-21-11-14-27(15-12-21)42(40,41)37(29-18-25(33)13-16-28(29)34)20-30(38)36(19-23-7-6-8-24(32)17-23)22(2)31(39)35-26-9-4-3-5-10-26/h6-8,11-18,22,26H,3-5,9-10,19-20H2,1-2H3,(H,35,39). The first-order valence-electron chi connectivity index (χ1n) is 13.8. The van der Waals surface area contributed by atoms with Crippen molar-refractivity contribution in [1.29, 1.82) is 0 Å². The van der Waals surface area contributed by atoms with Crippen molar-refractivity contribution in [2.24, 2.45) is 0 Å². The fourth-order valence-electron chi connectivity index (χ4n) is 5.01. The molecule has 1 fully saturated rings. The van der Waals surface area contributed by atoms with E-state index in [0.29, 0.717) is 10.6 Å². The molecular formula is C31H34Cl3N3O4S. The highest BCUT2D eigenvalue weighted by molar-refractivity contribution is 7.92. The molecule has 0 bridgehead atoms. The van der Waals surface area contributed by atoms with Crippen LogP contribution in [0.2, 0.25) is 15.1 Å². The van der Waals surface area contributed by atoms with Gasteiger partial charge >= 0.3 is 0 Å². The highest BCUT2D eigenvalue weighted by Crippen LogP contribution is 2.33. The van der Waals surface area contributed by atoms with Crippen LogP contribution in [0.1, 0.15) is 50.2 Å². The summed E-state index contributed by atoms with van der Waals surface area (Å²) in [4.78, 5) is 28.9. The minimum Gasteiger partial charge on any atom is -0.352 e. The third kappa shape index (κ3) is 7.98. The molecule has 0 heterocycles. The van der Waals surface area contributed by atoms with Gasteiger partial charge in [0, 0.05) is 22.6 Å². The first-order chi connectivity index (χ1) is 20.0. The van der Waals surface area contributed by atoms with Crippen LogP contribution in [-0.2, 0) is 26.2 Å². The normalized spacial score (nSPS) is 14.7. The van der Waals surface area contributed by atoms with Gasteiger partial charge in [0.05, 0.1) is 15.6 Å². The number of aryl methyl sites for hydroxylation is 1. The predicted molar refractivity (Wildman–Crippen MR) is 169 cm³/mol. The van der Waals surface area contributed by atoms with Crippen molar-refractivity contribution in [3.8, 4) is 0 Å². The summed E-state index contributed by atoms with van der Waals surface area (Å²) in [5.41, 5.74) is 1.63. The van der Waals surface area contributed by atoms with E-state index >= 15 is 0 Å². The number of benzene rings is 3. The van der Waals surface area contributed by atoms with Crippen LogP contribution in [0, 0.1) is 6.92 Å². The van der Waals surface area contributed by atoms with Gasteiger partial charge in [-0.15, -0.1) is 0 Å². The molecule has 3 aromatic rings. The minimum atomic E-state index is -4.27. The summed E-state index contributed by atoms with van der Waals surface area (Å²) in [5.74, 6) is -0.890. The fourth-order valence-corrected chi connectivity index (χ4v) is 7.08. The van der Waals surface area contributed by atoms with Crippen LogP contribution < -0.4 is 9.62 Å². The molecule has 1 saturated carbocycles. The van der Waals surface area contributed by atoms with E-state index in [1.165, 1.54) is 35.2 Å². The number of nitrogens with one attached hydrogen (secondary N) is 1. The van der Waals surface area contributed by atoms with E-state index in [0.717, 1.165) is 42.0 Å². The van der Waals surface area contributed by atoms with Gasteiger partial charge in [0.25, 0.3) is 10.0 Å². The van der Waals surface area contributed by atoms with E-state index in [1.54, 1.807) is 43.3 Å². The maximum absolute atomic E-state index is 14.1. The summed E-state index contributed by atoms with van der Waals surface area (Å²) in [6.07, 6.45) is 4.99. The SMILES string of the molecule is Cc1ccc(S(=O)(=O)N(CC(=O)N(Cc2cccc(Cl)c2)C(C)C(=O)NC2CCCCC2)c2cc(Cl)ccc2Cl)cc1. The Bertz CT molecular complexity index is 1530. The van der Waals surface area contributed by atoms with Crippen molar-refractivity contribution in [2.75, 3.05) is 10.8 Å². The average Bonchev–Trinajstić information content (AvgIpc) is 2.96. The summed E-state index contributed by atoms with van der Waals surface area (Å²) in [7, 11) is -4.27. The number of hydrogen-bond acceptors (Lipinski definition) is 4. The summed E-state index contributed by atoms with van der Waals surface area (Å²) in [6, 6.07) is 16.9. The summed E-state index contributed by atoms with van der Waals surface area (Å²) >= 11 is 18.9. The Kier molecular flexibility index (Phi) is 10.8. The number of hydrogen-bond donors (Lipinski definition) is 1. The number of carbonyl (C=O) groups excluding carboxylic acids is 2. The molecule has 0 spiro atoms. The van der Waals surface area contributed by atoms with E-state index in [1.807, 2.05) is 6.92 Å². The van der Waals surface area contributed by atoms with Gasteiger partial charge in [-0.1, -0.05) is 83.9 Å². The lowest BCUT2D eigenvalue weighted by Gasteiger charge is -2.33. The van der Waals surface area contributed by atoms with E-state index in [-0.39, 0.29) is 39.1 Å². The highest BCUT2D eigenvalue weighted by atomic mass is 35.5. The Balaban J connectivity index is 1.71. The Morgan fingerprint density at radius 3 is 2.26 bits per heavy atom. The van der Waals surface area contributed by atoms with Gasteiger partial charge in [-0.05, 0) is 74.7 Å². The molecular weight excluding hydrogens is 617 g/mol. The fraction of sp³-hybridized carbons (Fsp3) is 0.355. The molecule has 4 rings (SSSR count). The van der Waals surface area contributed by atoms with Crippen molar-refractivity contribution < 1.29 is 18.0 Å². The van der Waals surface area contributed by atoms with Crippen molar-refractivity contribution in [3.05, 3.63) is 92.9 Å². The van der Waals surface area contributed by atoms with E-state index in [4.69, 9.17) is 34.8 Å². The van der Waals surface area contributed by atoms with Crippen LogP contribution in [0.25, 0.3) is 0 Å². The average molecular weight is 651 g/mol. The van der Waals surface area contributed by atoms with Crippen molar-refractivity contribution in [2.45, 2.75) is 69.5 Å². The smallest absolute Gasteiger partial charge is 0.264 e. The number of anilines is 1.